The zero-order valence-electron chi connectivity index (χ0n) is 21.4. The van der Waals surface area contributed by atoms with Crippen LogP contribution < -0.4 is 9.47 Å². The maximum absolute atomic E-state index is 13.0. The molecule has 1 atom stereocenters. The Morgan fingerprint density at radius 2 is 1.36 bits per heavy atom. The molecule has 0 amide bonds. The number of carbonyl (C=O) groups is 2. The van der Waals surface area contributed by atoms with E-state index in [1.54, 1.807) is 37.3 Å². The fraction of sp³-hybridized carbons (Fsp3) is 0.267. The molecule has 0 N–H and O–H groups in total. The van der Waals surface area contributed by atoms with Crippen LogP contribution in [0.5, 0.6) is 11.5 Å². The first kappa shape index (κ1) is 29.4. The molecule has 206 valence electrons. The number of ether oxygens (including phenoxy) is 4. The Kier molecular flexibility index (Phi) is 10.7. The van der Waals surface area contributed by atoms with Crippen molar-refractivity contribution in [2.45, 2.75) is 32.0 Å². The number of carbonyl (C=O) groups excluding carboxylic acids is 2. The van der Waals surface area contributed by atoms with Gasteiger partial charge >= 0.3 is 18.1 Å². The second-order valence-corrected chi connectivity index (χ2v) is 8.44. The standard InChI is InChI=1S/C30H29F3O6/c1-3-18-36-25-13-9-22(10-14-25)21-5-7-24(8-6-21)29(35)39-26-15-11-23(12-16-26)28(34)38-20-17-27(30(31,32)33)37-19-4-2/h3,5-16,27H,1,4,17-20H2,2H3. The Morgan fingerprint density at radius 1 is 0.821 bits per heavy atom. The summed E-state index contributed by atoms with van der Waals surface area (Å²) in [5, 5.41) is 0. The Labute approximate surface area is 225 Å². The molecule has 39 heavy (non-hydrogen) atoms. The molecule has 0 aliphatic carbocycles. The van der Waals surface area contributed by atoms with Crippen molar-refractivity contribution in [3.05, 3.63) is 96.6 Å². The monoisotopic (exact) mass is 542 g/mol. The molecule has 6 nitrogen and oxygen atoms in total. The largest absolute Gasteiger partial charge is 0.490 e. The van der Waals surface area contributed by atoms with Gasteiger partial charge in [-0.1, -0.05) is 43.8 Å². The molecule has 3 rings (SSSR count). The summed E-state index contributed by atoms with van der Waals surface area (Å²) in [5.74, 6) is -0.457. The van der Waals surface area contributed by atoms with E-state index in [-0.39, 0.29) is 17.9 Å². The first-order valence-electron chi connectivity index (χ1n) is 12.3. The molecule has 0 saturated heterocycles. The van der Waals surface area contributed by atoms with Gasteiger partial charge in [0.25, 0.3) is 0 Å². The highest BCUT2D eigenvalue weighted by molar-refractivity contribution is 5.92. The highest BCUT2D eigenvalue weighted by Gasteiger charge is 2.40. The van der Waals surface area contributed by atoms with E-state index in [9.17, 15) is 22.8 Å². The van der Waals surface area contributed by atoms with Crippen molar-refractivity contribution in [1.82, 2.24) is 0 Å². The summed E-state index contributed by atoms with van der Waals surface area (Å²) in [4.78, 5) is 24.7. The van der Waals surface area contributed by atoms with Crippen LogP contribution in [0.2, 0.25) is 0 Å². The Balaban J connectivity index is 1.51. The van der Waals surface area contributed by atoms with Crippen LogP contribution in [0, 0.1) is 0 Å². The maximum Gasteiger partial charge on any atom is 0.414 e. The van der Waals surface area contributed by atoms with Gasteiger partial charge in [0.05, 0.1) is 17.7 Å². The van der Waals surface area contributed by atoms with Gasteiger partial charge in [-0.3, -0.25) is 0 Å². The third-order valence-corrected chi connectivity index (χ3v) is 5.48. The van der Waals surface area contributed by atoms with Crippen molar-refractivity contribution in [3.8, 4) is 22.6 Å². The number of esters is 2. The lowest BCUT2D eigenvalue weighted by atomic mass is 10.0. The fourth-order valence-electron chi connectivity index (χ4n) is 3.47. The maximum atomic E-state index is 13.0. The van der Waals surface area contributed by atoms with Gasteiger partial charge in [0.1, 0.15) is 18.1 Å². The number of alkyl halides is 3. The van der Waals surface area contributed by atoms with Crippen LogP contribution in [0.3, 0.4) is 0 Å². The van der Waals surface area contributed by atoms with Crippen molar-refractivity contribution in [1.29, 1.82) is 0 Å². The minimum atomic E-state index is -4.54. The summed E-state index contributed by atoms with van der Waals surface area (Å²) in [6.45, 7) is 5.25. The van der Waals surface area contributed by atoms with E-state index in [4.69, 9.17) is 18.9 Å². The lowest BCUT2D eigenvalue weighted by molar-refractivity contribution is -0.223. The Hall–Kier alpha value is -4.11. The Bertz CT molecular complexity index is 1220. The molecule has 9 heteroatoms. The minimum absolute atomic E-state index is 0.0389. The van der Waals surface area contributed by atoms with Gasteiger partial charge in [0.15, 0.2) is 6.10 Å². The van der Waals surface area contributed by atoms with Gasteiger partial charge in [0.2, 0.25) is 0 Å². The van der Waals surface area contributed by atoms with Crippen LogP contribution in [0.1, 0.15) is 40.5 Å². The van der Waals surface area contributed by atoms with Crippen LogP contribution in [-0.4, -0.2) is 44.0 Å². The number of hydrogen-bond donors (Lipinski definition) is 0. The molecule has 1 unspecified atom stereocenters. The van der Waals surface area contributed by atoms with Crippen LogP contribution in [-0.2, 0) is 9.47 Å². The van der Waals surface area contributed by atoms with Gasteiger partial charge in [-0.15, -0.1) is 0 Å². The fourth-order valence-corrected chi connectivity index (χ4v) is 3.47. The summed E-state index contributed by atoms with van der Waals surface area (Å²) >= 11 is 0. The van der Waals surface area contributed by atoms with E-state index in [0.717, 1.165) is 16.9 Å². The minimum Gasteiger partial charge on any atom is -0.490 e. The molecule has 0 radical (unpaired) electrons. The number of benzene rings is 3. The van der Waals surface area contributed by atoms with Crippen LogP contribution in [0.25, 0.3) is 11.1 Å². The van der Waals surface area contributed by atoms with Crippen LogP contribution >= 0.6 is 0 Å². The van der Waals surface area contributed by atoms with Crippen molar-refractivity contribution in [3.63, 3.8) is 0 Å². The number of rotatable bonds is 13. The lowest BCUT2D eigenvalue weighted by Crippen LogP contribution is -2.33. The van der Waals surface area contributed by atoms with E-state index in [0.29, 0.717) is 18.6 Å². The van der Waals surface area contributed by atoms with Gasteiger partial charge < -0.3 is 18.9 Å². The first-order valence-corrected chi connectivity index (χ1v) is 12.3. The summed E-state index contributed by atoms with van der Waals surface area (Å²) < 4.78 is 59.6. The van der Waals surface area contributed by atoms with Crippen molar-refractivity contribution in [2.75, 3.05) is 19.8 Å². The highest BCUT2D eigenvalue weighted by atomic mass is 19.4. The summed E-state index contributed by atoms with van der Waals surface area (Å²) in [6.07, 6.45) is -4.93. The molecule has 0 aliphatic rings. The molecule has 3 aromatic carbocycles. The third-order valence-electron chi connectivity index (χ3n) is 5.48. The van der Waals surface area contributed by atoms with E-state index in [2.05, 4.69) is 6.58 Å². The number of hydrogen-bond acceptors (Lipinski definition) is 6. The highest BCUT2D eigenvalue weighted by Crippen LogP contribution is 2.26. The van der Waals surface area contributed by atoms with Gasteiger partial charge in [-0.05, 0) is 66.1 Å². The Morgan fingerprint density at radius 3 is 1.92 bits per heavy atom. The predicted molar refractivity (Wildman–Crippen MR) is 140 cm³/mol. The van der Waals surface area contributed by atoms with E-state index >= 15 is 0 Å². The molecule has 0 fully saturated rings. The summed E-state index contributed by atoms with van der Waals surface area (Å²) in [5.41, 5.74) is 2.30. The van der Waals surface area contributed by atoms with Gasteiger partial charge in [0, 0.05) is 13.0 Å². The first-order chi connectivity index (χ1) is 18.7. The second-order valence-electron chi connectivity index (χ2n) is 8.44. The normalized spacial score (nSPS) is 11.9. The van der Waals surface area contributed by atoms with Crippen molar-refractivity contribution < 1.29 is 41.7 Å². The van der Waals surface area contributed by atoms with Gasteiger partial charge in [-0.25, -0.2) is 9.59 Å². The topological polar surface area (TPSA) is 71.1 Å². The molecular formula is C30H29F3O6. The molecule has 0 aromatic heterocycles. The summed E-state index contributed by atoms with van der Waals surface area (Å²) in [6, 6.07) is 19.9. The van der Waals surface area contributed by atoms with Crippen LogP contribution in [0.4, 0.5) is 13.2 Å². The SMILES string of the molecule is C=CCOc1ccc(-c2ccc(C(=O)Oc3ccc(C(=O)OCCC(OCCC)C(F)(F)F)cc3)cc2)cc1. The average Bonchev–Trinajstić information content (AvgIpc) is 2.93. The molecule has 3 aromatic rings. The van der Waals surface area contributed by atoms with E-state index < -0.39 is 37.2 Å². The lowest BCUT2D eigenvalue weighted by Gasteiger charge is -2.20. The molecule has 0 spiro atoms. The van der Waals surface area contributed by atoms with Crippen molar-refractivity contribution >= 4 is 11.9 Å². The van der Waals surface area contributed by atoms with E-state index in [1.807, 2.05) is 24.3 Å². The summed E-state index contributed by atoms with van der Waals surface area (Å²) in [7, 11) is 0. The quantitative estimate of drug-likeness (QED) is 0.131. The molecular weight excluding hydrogens is 513 g/mol. The second kappa shape index (κ2) is 14.2. The average molecular weight is 543 g/mol. The number of halogens is 3. The molecule has 0 heterocycles. The van der Waals surface area contributed by atoms with Crippen molar-refractivity contribution in [2.24, 2.45) is 0 Å². The smallest absolute Gasteiger partial charge is 0.414 e. The van der Waals surface area contributed by atoms with Crippen LogP contribution in [0.15, 0.2) is 85.5 Å². The van der Waals surface area contributed by atoms with E-state index in [1.165, 1.54) is 24.3 Å². The predicted octanol–water partition coefficient (Wildman–Crippen LogP) is 7.04. The van der Waals surface area contributed by atoms with Gasteiger partial charge in [-0.2, -0.15) is 13.2 Å². The third kappa shape index (κ3) is 9.00. The molecule has 0 saturated carbocycles. The zero-order chi connectivity index (χ0) is 28.3. The molecule has 0 aliphatic heterocycles. The zero-order valence-corrected chi connectivity index (χ0v) is 21.4. The molecule has 0 bridgehead atoms.